The van der Waals surface area contributed by atoms with Gasteiger partial charge in [-0.2, -0.15) is 5.26 Å². The Morgan fingerprint density at radius 3 is 2.86 bits per heavy atom. The highest BCUT2D eigenvalue weighted by Gasteiger charge is 2.22. The van der Waals surface area contributed by atoms with Crippen LogP contribution in [0.25, 0.3) is 0 Å². The van der Waals surface area contributed by atoms with Gasteiger partial charge in [0, 0.05) is 0 Å². The third-order valence-electron chi connectivity index (χ3n) is 2.90. The smallest absolute Gasteiger partial charge is 0.216 e. The van der Waals surface area contributed by atoms with Crippen molar-refractivity contribution < 1.29 is 9.47 Å². The van der Waals surface area contributed by atoms with Gasteiger partial charge in [0.05, 0.1) is 7.11 Å². The molecule has 0 unspecified atom stereocenters. The van der Waals surface area contributed by atoms with E-state index in [4.69, 9.17) is 20.5 Å². The van der Waals surface area contributed by atoms with Gasteiger partial charge in [-0.05, 0) is 23.9 Å². The number of nitrogens with zero attached hydrogens (tertiary/aromatic N) is 4. The van der Waals surface area contributed by atoms with Gasteiger partial charge < -0.3 is 15.2 Å². The lowest BCUT2D eigenvalue weighted by Gasteiger charge is -2.18. The van der Waals surface area contributed by atoms with Crippen molar-refractivity contribution in [3.8, 4) is 17.6 Å². The summed E-state index contributed by atoms with van der Waals surface area (Å²) < 4.78 is 12.5. The van der Waals surface area contributed by atoms with E-state index in [9.17, 15) is 0 Å². The zero-order valence-corrected chi connectivity index (χ0v) is 12.4. The minimum absolute atomic E-state index is 0.177. The zero-order chi connectivity index (χ0) is 15.5. The first-order valence-electron chi connectivity index (χ1n) is 6.27. The van der Waals surface area contributed by atoms with E-state index in [-0.39, 0.29) is 12.4 Å². The zero-order valence-electron chi connectivity index (χ0n) is 11.6. The highest BCUT2D eigenvalue weighted by atomic mass is 32.2. The number of benzene rings is 1. The Labute approximate surface area is 130 Å². The van der Waals surface area contributed by atoms with Crippen molar-refractivity contribution in [2.45, 2.75) is 11.8 Å². The second kappa shape index (κ2) is 5.87. The normalized spacial score (nSPS) is 13.1. The summed E-state index contributed by atoms with van der Waals surface area (Å²) in [7, 11) is 1.58. The molecule has 0 amide bonds. The number of para-hydroxylation sites is 2. The quantitative estimate of drug-likeness (QED) is 0.864. The Balaban J connectivity index is 1.77. The van der Waals surface area contributed by atoms with Crippen molar-refractivity contribution in [3.05, 3.63) is 40.8 Å². The lowest BCUT2D eigenvalue weighted by Crippen LogP contribution is -2.27. The number of hydrogen-bond acceptors (Lipinski definition) is 8. The van der Waals surface area contributed by atoms with Crippen molar-refractivity contribution >= 4 is 11.8 Å². The van der Waals surface area contributed by atoms with Crippen LogP contribution < -0.4 is 20.6 Å². The number of rotatable bonds is 4. The van der Waals surface area contributed by atoms with Crippen LogP contribution in [0.5, 0.6) is 11.5 Å². The van der Waals surface area contributed by atoms with Gasteiger partial charge in [-0.25, -0.2) is 4.68 Å². The van der Waals surface area contributed by atoms with E-state index < -0.39 is 0 Å². The fourth-order valence-electron chi connectivity index (χ4n) is 1.85. The summed E-state index contributed by atoms with van der Waals surface area (Å²) in [6.45, 7) is 0.177. The van der Waals surface area contributed by atoms with E-state index in [1.54, 1.807) is 17.9 Å². The average molecular weight is 316 g/mol. The van der Waals surface area contributed by atoms with Crippen molar-refractivity contribution in [3.63, 3.8) is 0 Å². The molecule has 22 heavy (non-hydrogen) atoms. The minimum Gasteiger partial charge on any atom is -0.493 e. The molecular formula is C13H12N6O2S. The van der Waals surface area contributed by atoms with Crippen LogP contribution in [-0.4, -0.2) is 22.0 Å². The number of methoxy groups -OCH3 is 1. The Hall–Kier alpha value is -2.86. The fourth-order valence-corrected chi connectivity index (χ4v) is 2.56. The monoisotopic (exact) mass is 316 g/mol. The summed E-state index contributed by atoms with van der Waals surface area (Å²) in [5.74, 6) is 2.04. The van der Waals surface area contributed by atoms with Gasteiger partial charge in [0.15, 0.2) is 17.3 Å². The van der Waals surface area contributed by atoms with Gasteiger partial charge >= 0.3 is 0 Å². The van der Waals surface area contributed by atoms with E-state index in [1.807, 2.05) is 24.3 Å². The average Bonchev–Trinajstić information content (AvgIpc) is 2.94. The number of nitriles is 1. The van der Waals surface area contributed by atoms with Crippen molar-refractivity contribution in [2.24, 2.45) is 5.73 Å². The van der Waals surface area contributed by atoms with Crippen LogP contribution in [0.4, 0.5) is 0 Å². The first kappa shape index (κ1) is 14.1. The van der Waals surface area contributed by atoms with E-state index >= 15 is 0 Å². The molecule has 0 saturated carbocycles. The maximum absolute atomic E-state index is 8.96. The first-order valence-corrected chi connectivity index (χ1v) is 7.09. The summed E-state index contributed by atoms with van der Waals surface area (Å²) in [4.78, 5) is 0.358. The number of aromatic nitrogens is 3. The molecule has 3 rings (SSSR count). The summed E-state index contributed by atoms with van der Waals surface area (Å²) >= 11 is 1.16. The minimum atomic E-state index is 0.177. The summed E-state index contributed by atoms with van der Waals surface area (Å²) in [5.41, 5.74) is 8.64. The molecule has 0 atom stereocenters. The van der Waals surface area contributed by atoms with Gasteiger partial charge in [-0.1, -0.05) is 12.1 Å². The van der Waals surface area contributed by atoms with E-state index in [2.05, 4.69) is 15.6 Å². The lowest BCUT2D eigenvalue weighted by molar-refractivity contribution is 0.272. The number of ether oxygens (including phenoxy) is 2. The predicted octanol–water partition coefficient (Wildman–Crippen LogP) is 1.17. The number of thioether (sulfide) groups is 1. The van der Waals surface area contributed by atoms with E-state index in [0.717, 1.165) is 11.8 Å². The molecule has 2 heterocycles. The van der Waals surface area contributed by atoms with Gasteiger partial charge in [-0.3, -0.25) is 5.43 Å². The number of fused-ring (bicyclic) bond motifs is 1. The van der Waals surface area contributed by atoms with Gasteiger partial charge in [0.1, 0.15) is 23.4 Å². The number of nitrogens with one attached hydrogen (secondary N) is 1. The SMILES string of the molecule is COc1ccccc1OCc1nnc2n1NC(N)=C(C#N)S2. The topological polar surface area (TPSA) is 111 Å². The van der Waals surface area contributed by atoms with Gasteiger partial charge in [0.2, 0.25) is 5.16 Å². The lowest BCUT2D eigenvalue weighted by atomic mass is 10.3. The molecule has 1 aliphatic heterocycles. The number of hydrogen-bond donors (Lipinski definition) is 2. The molecule has 0 aliphatic carbocycles. The molecule has 0 radical (unpaired) electrons. The number of nitrogens with two attached hydrogens (primary N) is 1. The molecule has 0 saturated heterocycles. The Bertz CT molecular complexity index is 779. The molecule has 112 valence electrons. The van der Waals surface area contributed by atoms with Crippen LogP contribution in [-0.2, 0) is 6.61 Å². The third kappa shape index (κ3) is 2.51. The molecule has 0 spiro atoms. The van der Waals surface area contributed by atoms with Crippen LogP contribution in [0.1, 0.15) is 5.82 Å². The Kier molecular flexibility index (Phi) is 3.76. The Morgan fingerprint density at radius 1 is 1.36 bits per heavy atom. The number of allylic oxidation sites excluding steroid dienone is 1. The maximum atomic E-state index is 8.96. The highest BCUT2D eigenvalue weighted by Crippen LogP contribution is 2.30. The van der Waals surface area contributed by atoms with Gasteiger partial charge in [-0.15, -0.1) is 10.2 Å². The summed E-state index contributed by atoms with van der Waals surface area (Å²) in [5, 5.41) is 17.5. The molecule has 8 nitrogen and oxygen atoms in total. The first-order chi connectivity index (χ1) is 10.7. The van der Waals surface area contributed by atoms with Crippen LogP contribution in [0, 0.1) is 11.3 Å². The molecule has 1 aliphatic rings. The van der Waals surface area contributed by atoms with Crippen molar-refractivity contribution in [2.75, 3.05) is 12.5 Å². The molecular weight excluding hydrogens is 304 g/mol. The van der Waals surface area contributed by atoms with E-state index in [0.29, 0.717) is 27.4 Å². The second-order valence-corrected chi connectivity index (χ2v) is 5.22. The standard InChI is InChI=1S/C13H12N6O2S/c1-20-8-4-2-3-5-9(8)21-7-11-16-17-13-19(11)18-12(15)10(6-14)22-13/h2-5,18H,7,15H2,1H3. The summed E-state index contributed by atoms with van der Waals surface area (Å²) in [6, 6.07) is 9.32. The second-order valence-electron chi connectivity index (χ2n) is 4.24. The Morgan fingerprint density at radius 2 is 2.14 bits per heavy atom. The van der Waals surface area contributed by atoms with Crippen molar-refractivity contribution in [1.29, 1.82) is 5.26 Å². The van der Waals surface area contributed by atoms with Gasteiger partial charge in [0.25, 0.3) is 0 Å². The fraction of sp³-hybridized carbons (Fsp3) is 0.154. The highest BCUT2D eigenvalue weighted by molar-refractivity contribution is 8.03. The largest absolute Gasteiger partial charge is 0.493 e. The molecule has 3 N–H and O–H groups in total. The van der Waals surface area contributed by atoms with Crippen molar-refractivity contribution in [1.82, 2.24) is 14.9 Å². The van der Waals surface area contributed by atoms with Crippen LogP contribution >= 0.6 is 11.8 Å². The maximum Gasteiger partial charge on any atom is 0.216 e. The molecule has 1 aromatic heterocycles. The molecule has 0 bridgehead atoms. The van der Waals surface area contributed by atoms with E-state index in [1.165, 1.54) is 0 Å². The van der Waals surface area contributed by atoms with Crippen LogP contribution in [0.2, 0.25) is 0 Å². The van der Waals surface area contributed by atoms with Crippen LogP contribution in [0.15, 0.2) is 40.1 Å². The molecule has 1 aromatic carbocycles. The third-order valence-corrected chi connectivity index (χ3v) is 3.86. The predicted molar refractivity (Wildman–Crippen MR) is 79.4 cm³/mol. The molecule has 2 aromatic rings. The molecule has 9 heteroatoms. The molecule has 0 fully saturated rings. The van der Waals surface area contributed by atoms with Crippen LogP contribution in [0.3, 0.4) is 0 Å². The summed E-state index contributed by atoms with van der Waals surface area (Å²) in [6.07, 6.45) is 0.